The molecule has 4 rings (SSSR count). The minimum atomic E-state index is -3.47. The first kappa shape index (κ1) is 19.0. The van der Waals surface area contributed by atoms with Gasteiger partial charge in [0.1, 0.15) is 18.4 Å². The fraction of sp³-hybridized carbons (Fsp3) is 0.375. The Morgan fingerprint density at radius 2 is 2.04 bits per heavy atom. The molecule has 0 aliphatic carbocycles. The fourth-order valence-electron chi connectivity index (χ4n) is 3.05. The van der Waals surface area contributed by atoms with Crippen molar-refractivity contribution in [3.8, 4) is 0 Å². The van der Waals surface area contributed by atoms with Crippen LogP contribution in [0.25, 0.3) is 0 Å². The van der Waals surface area contributed by atoms with E-state index in [1.807, 2.05) is 52.9 Å². The molecule has 0 bridgehead atoms. The quantitative estimate of drug-likeness (QED) is 0.481. The normalized spacial score (nSPS) is 30.2. The van der Waals surface area contributed by atoms with Crippen LogP contribution >= 0.6 is 30.3 Å². The molecule has 2 N–H and O–H groups in total. The van der Waals surface area contributed by atoms with E-state index in [0.717, 1.165) is 5.56 Å². The Kier molecular flexibility index (Phi) is 5.36. The number of nitrogens with one attached hydrogen (secondary N) is 2. The van der Waals surface area contributed by atoms with Gasteiger partial charge in [-0.1, -0.05) is 30.3 Å². The van der Waals surface area contributed by atoms with Gasteiger partial charge in [0.2, 0.25) is 0 Å². The van der Waals surface area contributed by atoms with Crippen LogP contribution in [0.4, 0.5) is 0 Å². The Morgan fingerprint density at radius 1 is 1.26 bits per heavy atom. The van der Waals surface area contributed by atoms with E-state index in [1.165, 1.54) is 10.8 Å². The molecule has 27 heavy (non-hydrogen) atoms. The van der Waals surface area contributed by atoms with Gasteiger partial charge in [-0.3, -0.25) is 23.4 Å². The van der Waals surface area contributed by atoms with Gasteiger partial charge in [0.05, 0.1) is 10.2 Å². The van der Waals surface area contributed by atoms with Gasteiger partial charge in [-0.25, -0.2) is 14.4 Å². The number of aromatic amines is 1. The lowest BCUT2D eigenvalue weighted by molar-refractivity contribution is -0.0603. The van der Waals surface area contributed by atoms with Crippen LogP contribution < -0.4 is 16.3 Å². The summed E-state index contributed by atoms with van der Waals surface area (Å²) in [7, 11) is -3.47. The molecule has 144 valence electrons. The van der Waals surface area contributed by atoms with Crippen molar-refractivity contribution in [3.05, 3.63) is 66.5 Å². The van der Waals surface area contributed by atoms with Gasteiger partial charge in [0.15, 0.2) is 0 Å². The second-order valence-electron chi connectivity index (χ2n) is 6.27. The van der Waals surface area contributed by atoms with Crippen LogP contribution in [-0.2, 0) is 24.9 Å². The van der Waals surface area contributed by atoms with Crippen molar-refractivity contribution in [1.82, 2.24) is 14.6 Å². The summed E-state index contributed by atoms with van der Waals surface area (Å²) in [6.07, 6.45) is 0.230. The third-order valence-corrected chi connectivity index (χ3v) is 6.77. The molecule has 1 aromatic carbocycles. The molecule has 3 heterocycles. The van der Waals surface area contributed by atoms with Gasteiger partial charge in [-0.05, 0) is 28.2 Å². The fourth-order valence-corrected chi connectivity index (χ4v) is 5.01. The maximum Gasteiger partial charge on any atom is 0.406 e. The summed E-state index contributed by atoms with van der Waals surface area (Å²) in [5.74, 6) is 0. The first-order valence-electron chi connectivity index (χ1n) is 8.32. The lowest BCUT2D eigenvalue weighted by Crippen LogP contribution is -2.36. The topological polar surface area (TPSA) is 112 Å². The van der Waals surface area contributed by atoms with E-state index in [-0.39, 0.29) is 6.61 Å². The summed E-state index contributed by atoms with van der Waals surface area (Å²) in [5, 5.41) is 2.85. The van der Waals surface area contributed by atoms with Crippen LogP contribution in [0.1, 0.15) is 18.2 Å². The smallest absolute Gasteiger partial charge is 0.349 e. The van der Waals surface area contributed by atoms with Crippen LogP contribution in [0.2, 0.25) is 0 Å². The van der Waals surface area contributed by atoms with Crippen molar-refractivity contribution in [2.75, 3.05) is 6.61 Å². The molecule has 0 amide bonds. The van der Waals surface area contributed by atoms with Crippen molar-refractivity contribution in [2.24, 2.45) is 0 Å². The number of fused-ring (bicyclic) bond motifs is 1. The zero-order valence-electron chi connectivity index (χ0n) is 14.0. The lowest BCUT2D eigenvalue weighted by atomic mass is 10.2. The highest BCUT2D eigenvalue weighted by molar-refractivity contribution is 14.1. The van der Waals surface area contributed by atoms with Crippen LogP contribution in [0.15, 0.2) is 46.1 Å². The van der Waals surface area contributed by atoms with E-state index >= 15 is 0 Å². The molecule has 11 heteroatoms. The van der Waals surface area contributed by atoms with Crippen LogP contribution in [0.5, 0.6) is 0 Å². The summed E-state index contributed by atoms with van der Waals surface area (Å²) in [5.41, 5.74) is -0.0474. The zero-order chi connectivity index (χ0) is 19.0. The van der Waals surface area contributed by atoms with E-state index in [2.05, 4.69) is 10.1 Å². The van der Waals surface area contributed by atoms with E-state index in [4.69, 9.17) is 13.8 Å². The maximum atomic E-state index is 12.8. The predicted octanol–water partition coefficient (Wildman–Crippen LogP) is 1.74. The van der Waals surface area contributed by atoms with E-state index in [0.29, 0.717) is 16.5 Å². The molecule has 2 saturated heterocycles. The summed E-state index contributed by atoms with van der Waals surface area (Å²) in [4.78, 5) is 25.8. The summed E-state index contributed by atoms with van der Waals surface area (Å²) in [6.45, 7) is 0.437. The zero-order valence-corrected chi connectivity index (χ0v) is 17.1. The van der Waals surface area contributed by atoms with Crippen LogP contribution in [0, 0.1) is 3.57 Å². The SMILES string of the molecule is O=c1[nH]c(=O)n([C@H]2C[C@@H]3O[P@](=O)(NCc4ccccc4)OC[C@H]3O2)cc1I. The molecule has 9 nitrogen and oxygen atoms in total. The number of nitrogens with zero attached hydrogens (tertiary/aromatic N) is 1. The average molecular weight is 505 g/mol. The number of benzene rings is 1. The van der Waals surface area contributed by atoms with Crippen molar-refractivity contribution < 1.29 is 18.3 Å². The highest BCUT2D eigenvalue weighted by atomic mass is 127. The predicted molar refractivity (Wildman–Crippen MR) is 104 cm³/mol. The Hall–Kier alpha value is -1.30. The Morgan fingerprint density at radius 3 is 2.81 bits per heavy atom. The minimum absolute atomic E-state index is 0.0927. The van der Waals surface area contributed by atoms with Crippen LogP contribution in [0.3, 0.4) is 0 Å². The first-order chi connectivity index (χ1) is 12.9. The molecule has 4 atom stereocenters. The molecule has 2 aliphatic rings. The molecule has 0 spiro atoms. The van der Waals surface area contributed by atoms with E-state index in [1.54, 1.807) is 0 Å². The van der Waals surface area contributed by atoms with E-state index in [9.17, 15) is 14.2 Å². The Labute approximate surface area is 167 Å². The van der Waals surface area contributed by atoms with Crippen molar-refractivity contribution in [3.63, 3.8) is 0 Å². The largest absolute Gasteiger partial charge is 0.406 e. The molecule has 2 aliphatic heterocycles. The van der Waals surface area contributed by atoms with Gasteiger partial charge in [0, 0.05) is 19.2 Å². The molecule has 0 radical (unpaired) electrons. The highest BCUT2D eigenvalue weighted by Gasteiger charge is 2.47. The summed E-state index contributed by atoms with van der Waals surface area (Å²) < 4.78 is 31.4. The number of H-pyrrole nitrogens is 1. The number of ether oxygens (including phenoxy) is 1. The molecule has 2 fully saturated rings. The van der Waals surface area contributed by atoms with Crippen molar-refractivity contribution in [1.29, 1.82) is 0 Å². The highest BCUT2D eigenvalue weighted by Crippen LogP contribution is 2.52. The summed E-state index contributed by atoms with van der Waals surface area (Å²) >= 11 is 1.85. The lowest BCUT2D eigenvalue weighted by Gasteiger charge is -2.30. The van der Waals surface area contributed by atoms with Gasteiger partial charge >= 0.3 is 13.4 Å². The molecule has 2 aromatic rings. The number of halogens is 1. The molecular formula is C16H17IN3O6P. The molecule has 0 saturated carbocycles. The Bertz CT molecular complexity index is 994. The molecular weight excluding hydrogens is 488 g/mol. The summed E-state index contributed by atoms with van der Waals surface area (Å²) in [6, 6.07) is 9.50. The third kappa shape index (κ3) is 4.10. The maximum absolute atomic E-state index is 12.8. The first-order valence-corrected chi connectivity index (χ1v) is 10.9. The number of aromatic nitrogens is 2. The van der Waals surface area contributed by atoms with Gasteiger partial charge in [-0.15, -0.1) is 0 Å². The molecule has 0 unspecified atom stereocenters. The van der Waals surface area contributed by atoms with Gasteiger partial charge in [0.25, 0.3) is 5.56 Å². The minimum Gasteiger partial charge on any atom is -0.349 e. The Balaban J connectivity index is 1.45. The third-order valence-electron chi connectivity index (χ3n) is 4.42. The second kappa shape index (κ2) is 7.61. The van der Waals surface area contributed by atoms with Gasteiger partial charge < -0.3 is 4.74 Å². The number of hydrogen-bond donors (Lipinski definition) is 2. The number of hydrogen-bond acceptors (Lipinski definition) is 6. The standard InChI is InChI=1S/C16H17IN3O6P/c17-11-8-20(16(22)19-15(11)21)14-6-12-13(25-14)9-24-27(23,26-12)18-7-10-4-2-1-3-5-10/h1-5,8,12-14H,6-7,9H2,(H,18,23)(H,19,21,22)/t12-,13+,14+,27-/m0/s1. The second-order valence-corrected chi connectivity index (χ2v) is 9.21. The number of rotatable bonds is 4. The molecule has 1 aromatic heterocycles. The van der Waals surface area contributed by atoms with Crippen molar-refractivity contribution in [2.45, 2.75) is 31.4 Å². The monoisotopic (exact) mass is 505 g/mol. The van der Waals surface area contributed by atoms with Gasteiger partial charge in [-0.2, -0.15) is 0 Å². The van der Waals surface area contributed by atoms with E-state index < -0.39 is 37.4 Å². The van der Waals surface area contributed by atoms with Crippen LogP contribution in [-0.4, -0.2) is 28.4 Å². The average Bonchev–Trinajstić information content (AvgIpc) is 3.06. The van der Waals surface area contributed by atoms with Crippen molar-refractivity contribution >= 4 is 30.3 Å².